The molecule has 0 radical (unpaired) electrons. The number of rotatable bonds is 7. The third kappa shape index (κ3) is 5.78. The maximum Gasteiger partial charge on any atom is 0.180 e. The molecule has 0 bridgehead atoms. The number of piperazine rings is 1. The molecule has 3 aromatic heterocycles. The van der Waals surface area contributed by atoms with E-state index in [4.69, 9.17) is 4.98 Å². The molecule has 0 unspecified atom stereocenters. The fourth-order valence-electron chi connectivity index (χ4n) is 4.23. The van der Waals surface area contributed by atoms with Crippen LogP contribution in [0, 0.1) is 6.92 Å². The van der Waals surface area contributed by atoms with Gasteiger partial charge in [0.05, 0.1) is 0 Å². The highest BCUT2D eigenvalue weighted by Crippen LogP contribution is 2.20. The summed E-state index contributed by atoms with van der Waals surface area (Å²) in [4.78, 5) is 27.6. The van der Waals surface area contributed by atoms with E-state index in [1.165, 1.54) is 11.3 Å². The number of hydrogen-bond donors (Lipinski definition) is 1. The first-order chi connectivity index (χ1) is 17.2. The third-order valence-corrected chi connectivity index (χ3v) is 6.22. The molecule has 8 heteroatoms. The Morgan fingerprint density at radius 3 is 2.29 bits per heavy atom. The summed E-state index contributed by atoms with van der Waals surface area (Å²) < 4.78 is 0. The number of pyridine rings is 1. The van der Waals surface area contributed by atoms with Crippen molar-refractivity contribution in [3.05, 3.63) is 84.1 Å². The van der Waals surface area contributed by atoms with Crippen molar-refractivity contribution in [1.82, 2.24) is 29.8 Å². The summed E-state index contributed by atoms with van der Waals surface area (Å²) in [5, 5.41) is 3.27. The maximum absolute atomic E-state index is 4.70. The minimum Gasteiger partial charge on any atom is -0.369 e. The van der Waals surface area contributed by atoms with E-state index in [0.717, 1.165) is 49.9 Å². The quantitative estimate of drug-likeness (QED) is 0.436. The lowest BCUT2D eigenvalue weighted by molar-refractivity contribution is 0.271. The average Bonchev–Trinajstić information content (AvgIpc) is 2.90. The van der Waals surface area contributed by atoms with Crippen molar-refractivity contribution in [2.45, 2.75) is 20.3 Å². The topological polar surface area (TPSA) is 83.0 Å². The van der Waals surface area contributed by atoms with Crippen molar-refractivity contribution in [2.75, 3.05) is 42.9 Å². The van der Waals surface area contributed by atoms with Crippen LogP contribution in [0.2, 0.25) is 0 Å². The molecule has 1 saturated heterocycles. The number of nitrogens with one attached hydrogen (secondary N) is 1. The van der Waals surface area contributed by atoms with Crippen LogP contribution in [0.1, 0.15) is 24.0 Å². The molecule has 1 aliphatic rings. The lowest BCUT2D eigenvalue weighted by atomic mass is 10.1. The standard InChI is InChI=1S/C27H30N8/c1-3-34-15-17-35(18-16-34)22-9-7-21(8-10-22)19-26-28-13-11-24(32-26)31-25-12-14-29-27(33-25)23-6-4-5-20(2)30-23/h4-14H,3,15-19H2,1-2H3,(H,28,29,31,32,33). The predicted molar refractivity (Wildman–Crippen MR) is 139 cm³/mol. The van der Waals surface area contributed by atoms with Gasteiger partial charge in [-0.2, -0.15) is 0 Å². The van der Waals surface area contributed by atoms with Gasteiger partial charge in [-0.05, 0) is 55.4 Å². The number of aryl methyl sites for hydroxylation is 1. The van der Waals surface area contributed by atoms with Crippen LogP contribution in [0.5, 0.6) is 0 Å². The Morgan fingerprint density at radius 2 is 1.54 bits per heavy atom. The number of likely N-dealkylation sites (N-methyl/N-ethyl adjacent to an activating group) is 1. The molecular weight excluding hydrogens is 436 g/mol. The van der Waals surface area contributed by atoms with Crippen molar-refractivity contribution in [1.29, 1.82) is 0 Å². The van der Waals surface area contributed by atoms with E-state index in [9.17, 15) is 0 Å². The molecule has 8 nitrogen and oxygen atoms in total. The van der Waals surface area contributed by atoms with Crippen molar-refractivity contribution in [3.8, 4) is 11.5 Å². The zero-order chi connectivity index (χ0) is 24.0. The third-order valence-electron chi connectivity index (χ3n) is 6.22. The number of nitrogens with zero attached hydrogens (tertiary/aromatic N) is 7. The van der Waals surface area contributed by atoms with Gasteiger partial charge < -0.3 is 15.1 Å². The molecule has 1 N–H and O–H groups in total. The summed E-state index contributed by atoms with van der Waals surface area (Å²) in [5.41, 5.74) is 4.14. The van der Waals surface area contributed by atoms with E-state index in [-0.39, 0.29) is 0 Å². The lowest BCUT2D eigenvalue weighted by Gasteiger charge is -2.35. The first-order valence-corrected chi connectivity index (χ1v) is 12.1. The van der Waals surface area contributed by atoms with Crippen LogP contribution in [0.4, 0.5) is 17.3 Å². The van der Waals surface area contributed by atoms with Crippen molar-refractivity contribution in [2.24, 2.45) is 0 Å². The van der Waals surface area contributed by atoms with Crippen molar-refractivity contribution < 1.29 is 0 Å². The van der Waals surface area contributed by atoms with E-state index >= 15 is 0 Å². The SMILES string of the molecule is CCN1CCN(c2ccc(Cc3nccc(Nc4ccnc(-c5cccc(C)n5)n4)n3)cc2)CC1. The molecular formula is C27H30N8. The molecule has 0 amide bonds. The molecule has 0 spiro atoms. The van der Waals surface area contributed by atoms with E-state index in [1.54, 1.807) is 12.4 Å². The Balaban J connectivity index is 1.24. The van der Waals surface area contributed by atoms with Crippen LogP contribution in [0.3, 0.4) is 0 Å². The van der Waals surface area contributed by atoms with Gasteiger partial charge in [0.15, 0.2) is 5.82 Å². The van der Waals surface area contributed by atoms with E-state index < -0.39 is 0 Å². The van der Waals surface area contributed by atoms with E-state index in [1.807, 2.05) is 37.3 Å². The Labute approximate surface area is 206 Å². The molecule has 5 rings (SSSR count). The average molecular weight is 467 g/mol. The molecule has 1 aliphatic heterocycles. The van der Waals surface area contributed by atoms with Gasteiger partial charge in [-0.25, -0.2) is 24.9 Å². The predicted octanol–water partition coefficient (Wildman–Crippen LogP) is 4.11. The van der Waals surface area contributed by atoms with Crippen molar-refractivity contribution >= 4 is 17.3 Å². The van der Waals surface area contributed by atoms with Gasteiger partial charge >= 0.3 is 0 Å². The highest BCUT2D eigenvalue weighted by Gasteiger charge is 2.15. The second-order valence-corrected chi connectivity index (χ2v) is 8.68. The molecule has 178 valence electrons. The largest absolute Gasteiger partial charge is 0.369 e. The molecule has 1 fully saturated rings. The van der Waals surface area contributed by atoms with Crippen LogP contribution in [0.15, 0.2) is 67.0 Å². The van der Waals surface area contributed by atoms with Crippen LogP contribution in [-0.2, 0) is 6.42 Å². The Kier molecular flexibility index (Phi) is 6.90. The normalized spacial score (nSPS) is 14.2. The molecule has 4 aromatic rings. The summed E-state index contributed by atoms with van der Waals surface area (Å²) in [6.07, 6.45) is 4.17. The lowest BCUT2D eigenvalue weighted by Crippen LogP contribution is -2.46. The van der Waals surface area contributed by atoms with Gasteiger partial charge in [-0.3, -0.25) is 0 Å². The number of hydrogen-bond acceptors (Lipinski definition) is 8. The summed E-state index contributed by atoms with van der Waals surface area (Å²) in [5.74, 6) is 2.69. The van der Waals surface area contributed by atoms with Crippen LogP contribution in [0.25, 0.3) is 11.5 Å². The molecule has 35 heavy (non-hydrogen) atoms. The zero-order valence-electron chi connectivity index (χ0n) is 20.2. The van der Waals surface area contributed by atoms with Crippen LogP contribution < -0.4 is 10.2 Å². The smallest absolute Gasteiger partial charge is 0.180 e. The van der Waals surface area contributed by atoms with Gasteiger partial charge in [0, 0.05) is 56.4 Å². The number of anilines is 3. The second kappa shape index (κ2) is 10.6. The molecule has 0 atom stereocenters. The molecule has 0 aliphatic carbocycles. The fourth-order valence-corrected chi connectivity index (χ4v) is 4.23. The summed E-state index contributed by atoms with van der Waals surface area (Å²) in [6, 6.07) is 18.3. The number of aromatic nitrogens is 5. The molecule has 0 saturated carbocycles. The van der Waals surface area contributed by atoms with Gasteiger partial charge in [-0.15, -0.1) is 0 Å². The summed E-state index contributed by atoms with van der Waals surface area (Å²) in [7, 11) is 0. The first kappa shape index (κ1) is 22.9. The van der Waals surface area contributed by atoms with E-state index in [2.05, 4.69) is 66.2 Å². The zero-order valence-corrected chi connectivity index (χ0v) is 20.2. The highest BCUT2D eigenvalue weighted by atomic mass is 15.3. The van der Waals surface area contributed by atoms with Gasteiger partial charge in [0.2, 0.25) is 0 Å². The Morgan fingerprint density at radius 1 is 0.800 bits per heavy atom. The Bertz CT molecular complexity index is 1270. The minimum absolute atomic E-state index is 0.573. The minimum atomic E-state index is 0.573. The van der Waals surface area contributed by atoms with Gasteiger partial charge in [-0.1, -0.05) is 25.1 Å². The summed E-state index contributed by atoms with van der Waals surface area (Å²) in [6.45, 7) is 9.72. The van der Waals surface area contributed by atoms with E-state index in [0.29, 0.717) is 23.9 Å². The molecule has 1 aromatic carbocycles. The molecule has 4 heterocycles. The van der Waals surface area contributed by atoms with Crippen LogP contribution in [-0.4, -0.2) is 62.5 Å². The van der Waals surface area contributed by atoms with Crippen molar-refractivity contribution in [3.63, 3.8) is 0 Å². The highest BCUT2D eigenvalue weighted by molar-refractivity contribution is 5.56. The summed E-state index contributed by atoms with van der Waals surface area (Å²) >= 11 is 0. The maximum atomic E-state index is 4.70. The van der Waals surface area contributed by atoms with Gasteiger partial charge in [0.25, 0.3) is 0 Å². The van der Waals surface area contributed by atoms with Gasteiger partial charge in [0.1, 0.15) is 23.2 Å². The monoisotopic (exact) mass is 466 g/mol. The Hall–Kier alpha value is -3.91. The first-order valence-electron chi connectivity index (χ1n) is 12.1. The second-order valence-electron chi connectivity index (χ2n) is 8.68. The fraction of sp³-hybridized carbons (Fsp3) is 0.296. The number of benzene rings is 1. The van der Waals surface area contributed by atoms with Crippen LogP contribution >= 0.6 is 0 Å².